The van der Waals surface area contributed by atoms with Gasteiger partial charge in [-0.15, -0.1) is 0 Å². The van der Waals surface area contributed by atoms with Crippen LogP contribution in [0, 0.1) is 13.8 Å². The monoisotopic (exact) mass is 373 g/mol. The van der Waals surface area contributed by atoms with Gasteiger partial charge < -0.3 is 5.32 Å². The highest BCUT2D eigenvalue weighted by Gasteiger charge is 2.12. The normalized spacial score (nSPS) is 11.0. The molecule has 5 heteroatoms. The number of aromatic nitrogens is 2. The van der Waals surface area contributed by atoms with Crippen molar-refractivity contribution in [3.05, 3.63) is 86.7 Å². The van der Waals surface area contributed by atoms with Gasteiger partial charge in [0.25, 0.3) is 0 Å². The molecular formula is C20H21Cl2N3. The average molecular weight is 374 g/mol. The SMILES string of the molecule is Cc1nn(Cc2ccccc2)c(C)c1CNCc1c(Cl)cccc1Cl. The highest BCUT2D eigenvalue weighted by molar-refractivity contribution is 6.35. The van der Waals surface area contributed by atoms with Crippen molar-refractivity contribution in [1.29, 1.82) is 0 Å². The number of nitrogens with zero attached hydrogens (tertiary/aromatic N) is 2. The van der Waals surface area contributed by atoms with E-state index >= 15 is 0 Å². The van der Waals surface area contributed by atoms with Crippen LogP contribution in [0.5, 0.6) is 0 Å². The van der Waals surface area contributed by atoms with Crippen molar-refractivity contribution in [2.24, 2.45) is 0 Å². The van der Waals surface area contributed by atoms with Gasteiger partial charge in [0.1, 0.15) is 0 Å². The Hall–Kier alpha value is -1.81. The van der Waals surface area contributed by atoms with Crippen LogP contribution in [-0.4, -0.2) is 9.78 Å². The van der Waals surface area contributed by atoms with Gasteiger partial charge in [-0.2, -0.15) is 5.10 Å². The van der Waals surface area contributed by atoms with Crippen LogP contribution in [0.25, 0.3) is 0 Å². The molecular weight excluding hydrogens is 353 g/mol. The third-order valence-corrected chi connectivity index (χ3v) is 5.08. The van der Waals surface area contributed by atoms with E-state index in [9.17, 15) is 0 Å². The van der Waals surface area contributed by atoms with Gasteiger partial charge in [-0.3, -0.25) is 4.68 Å². The number of hydrogen-bond acceptors (Lipinski definition) is 2. The fraction of sp³-hybridized carbons (Fsp3) is 0.250. The highest BCUT2D eigenvalue weighted by Crippen LogP contribution is 2.24. The molecule has 0 aliphatic carbocycles. The number of aryl methyl sites for hydroxylation is 1. The second-order valence-corrected chi connectivity index (χ2v) is 6.91. The van der Waals surface area contributed by atoms with Crippen molar-refractivity contribution in [1.82, 2.24) is 15.1 Å². The predicted octanol–water partition coefficient (Wildman–Crippen LogP) is 5.14. The highest BCUT2D eigenvalue weighted by atomic mass is 35.5. The summed E-state index contributed by atoms with van der Waals surface area (Å²) in [7, 11) is 0. The summed E-state index contributed by atoms with van der Waals surface area (Å²) in [5, 5.41) is 9.50. The lowest BCUT2D eigenvalue weighted by Gasteiger charge is -2.09. The zero-order valence-electron chi connectivity index (χ0n) is 14.4. The van der Waals surface area contributed by atoms with Crippen molar-refractivity contribution in [2.45, 2.75) is 33.5 Å². The Kier molecular flexibility index (Phi) is 5.79. The minimum absolute atomic E-state index is 0.626. The maximum Gasteiger partial charge on any atom is 0.0662 e. The summed E-state index contributed by atoms with van der Waals surface area (Å²) in [6, 6.07) is 15.9. The Labute approximate surface area is 158 Å². The third kappa shape index (κ3) is 4.24. The lowest BCUT2D eigenvalue weighted by molar-refractivity contribution is 0.653. The minimum atomic E-state index is 0.626. The van der Waals surface area contributed by atoms with Crippen LogP contribution >= 0.6 is 23.2 Å². The Balaban J connectivity index is 1.69. The number of hydrogen-bond donors (Lipinski definition) is 1. The van der Waals surface area contributed by atoms with Gasteiger partial charge in [0.15, 0.2) is 0 Å². The fourth-order valence-corrected chi connectivity index (χ4v) is 3.44. The molecule has 130 valence electrons. The number of benzene rings is 2. The van der Waals surface area contributed by atoms with Gasteiger partial charge in [0, 0.05) is 40.0 Å². The molecule has 25 heavy (non-hydrogen) atoms. The van der Waals surface area contributed by atoms with Crippen LogP contribution in [0.3, 0.4) is 0 Å². The maximum absolute atomic E-state index is 6.23. The number of rotatable bonds is 6. The molecule has 3 nitrogen and oxygen atoms in total. The summed E-state index contributed by atoms with van der Waals surface area (Å²) in [4.78, 5) is 0. The number of halogens is 2. The smallest absolute Gasteiger partial charge is 0.0662 e. The van der Waals surface area contributed by atoms with Crippen molar-refractivity contribution in [2.75, 3.05) is 0 Å². The minimum Gasteiger partial charge on any atom is -0.308 e. The molecule has 0 fully saturated rings. The molecule has 0 aliphatic heterocycles. The van der Waals surface area contributed by atoms with Gasteiger partial charge in [0.05, 0.1) is 12.2 Å². The first-order valence-corrected chi connectivity index (χ1v) is 9.02. The summed E-state index contributed by atoms with van der Waals surface area (Å²) in [6.07, 6.45) is 0. The Morgan fingerprint density at radius 2 is 1.52 bits per heavy atom. The quantitative estimate of drug-likeness (QED) is 0.647. The summed E-state index contributed by atoms with van der Waals surface area (Å²) in [6.45, 7) is 6.30. The van der Waals surface area contributed by atoms with Crippen LogP contribution in [0.1, 0.15) is 28.1 Å². The van der Waals surface area contributed by atoms with Crippen LogP contribution in [0.2, 0.25) is 10.0 Å². The molecule has 3 rings (SSSR count). The molecule has 1 aromatic heterocycles. The molecule has 3 aromatic rings. The summed E-state index contributed by atoms with van der Waals surface area (Å²) in [5.41, 5.74) is 5.62. The molecule has 1 N–H and O–H groups in total. The molecule has 0 saturated carbocycles. The lowest BCUT2D eigenvalue weighted by atomic mass is 10.1. The van der Waals surface area contributed by atoms with Crippen molar-refractivity contribution >= 4 is 23.2 Å². The zero-order valence-corrected chi connectivity index (χ0v) is 15.9. The fourth-order valence-electron chi connectivity index (χ4n) is 2.91. The van der Waals surface area contributed by atoms with Crippen LogP contribution in [-0.2, 0) is 19.6 Å². The molecule has 0 aliphatic rings. The maximum atomic E-state index is 6.23. The molecule has 0 radical (unpaired) electrons. The van der Waals surface area contributed by atoms with E-state index in [1.165, 1.54) is 16.8 Å². The first kappa shape index (κ1) is 18.0. The third-order valence-electron chi connectivity index (χ3n) is 4.37. The van der Waals surface area contributed by atoms with Crippen LogP contribution < -0.4 is 5.32 Å². The standard InChI is InChI=1S/C20H21Cl2N3/c1-14-17(11-23-12-18-19(21)9-6-10-20(18)22)15(2)25(24-14)13-16-7-4-3-5-8-16/h3-10,23H,11-13H2,1-2H3. The lowest BCUT2D eigenvalue weighted by Crippen LogP contribution is -2.14. The first-order valence-electron chi connectivity index (χ1n) is 8.26. The molecule has 1 heterocycles. The molecule has 0 spiro atoms. The van der Waals surface area contributed by atoms with Crippen LogP contribution in [0.15, 0.2) is 48.5 Å². The van der Waals surface area contributed by atoms with E-state index in [1.54, 1.807) is 0 Å². The van der Waals surface area contributed by atoms with E-state index in [4.69, 9.17) is 28.3 Å². The van der Waals surface area contributed by atoms with E-state index in [2.05, 4.69) is 41.2 Å². The summed E-state index contributed by atoms with van der Waals surface area (Å²) >= 11 is 12.5. The second-order valence-electron chi connectivity index (χ2n) is 6.10. The molecule has 0 atom stereocenters. The topological polar surface area (TPSA) is 29.9 Å². The first-order chi connectivity index (χ1) is 12.1. The second kappa shape index (κ2) is 8.05. The van der Waals surface area contributed by atoms with Gasteiger partial charge in [-0.25, -0.2) is 0 Å². The van der Waals surface area contributed by atoms with Gasteiger partial charge in [-0.1, -0.05) is 59.6 Å². The Morgan fingerprint density at radius 1 is 0.880 bits per heavy atom. The van der Waals surface area contributed by atoms with Gasteiger partial charge in [0.2, 0.25) is 0 Å². The summed E-state index contributed by atoms with van der Waals surface area (Å²) < 4.78 is 2.06. The Bertz CT molecular complexity index is 837. The molecule has 0 saturated heterocycles. The molecule has 0 amide bonds. The summed E-state index contributed by atoms with van der Waals surface area (Å²) in [5.74, 6) is 0. The average Bonchev–Trinajstić information content (AvgIpc) is 2.85. The van der Waals surface area contributed by atoms with Gasteiger partial charge >= 0.3 is 0 Å². The predicted molar refractivity (Wildman–Crippen MR) is 104 cm³/mol. The van der Waals surface area contributed by atoms with E-state index in [0.717, 1.165) is 24.3 Å². The molecule has 0 unspecified atom stereocenters. The van der Waals surface area contributed by atoms with E-state index in [1.807, 2.05) is 31.2 Å². The van der Waals surface area contributed by atoms with Crippen molar-refractivity contribution in [3.63, 3.8) is 0 Å². The zero-order chi connectivity index (χ0) is 17.8. The van der Waals surface area contributed by atoms with E-state index in [-0.39, 0.29) is 0 Å². The molecule has 2 aromatic carbocycles. The Morgan fingerprint density at radius 3 is 2.20 bits per heavy atom. The van der Waals surface area contributed by atoms with Crippen molar-refractivity contribution < 1.29 is 0 Å². The molecule has 0 bridgehead atoms. The van der Waals surface area contributed by atoms with Crippen molar-refractivity contribution in [3.8, 4) is 0 Å². The number of nitrogens with one attached hydrogen (secondary N) is 1. The largest absolute Gasteiger partial charge is 0.308 e. The van der Waals surface area contributed by atoms with E-state index in [0.29, 0.717) is 16.6 Å². The van der Waals surface area contributed by atoms with E-state index < -0.39 is 0 Å². The van der Waals surface area contributed by atoms with Crippen LogP contribution in [0.4, 0.5) is 0 Å². The van der Waals surface area contributed by atoms with Gasteiger partial charge in [-0.05, 0) is 31.5 Å².